The summed E-state index contributed by atoms with van der Waals surface area (Å²) >= 11 is 3.66. The van der Waals surface area contributed by atoms with Gasteiger partial charge in [-0.25, -0.2) is 0 Å². The Morgan fingerprint density at radius 2 is 2.05 bits per heavy atom. The second-order valence-corrected chi connectivity index (χ2v) is 6.30. The first-order valence-corrected chi connectivity index (χ1v) is 8.03. The van der Waals surface area contributed by atoms with E-state index < -0.39 is 0 Å². The molecule has 2 aliphatic heterocycles. The number of hydrogen-bond acceptors (Lipinski definition) is 4. The smallest absolute Gasteiger partial charge is 0.162 e. The summed E-state index contributed by atoms with van der Waals surface area (Å²) in [6.45, 7) is 4.50. The fraction of sp³-hybridized carbons (Fsp3) is 0.600. The summed E-state index contributed by atoms with van der Waals surface area (Å²) in [6.07, 6.45) is 2.53. The van der Waals surface area contributed by atoms with Crippen molar-refractivity contribution in [2.45, 2.75) is 25.4 Å². The normalized spacial score (nSPS) is 22.8. The first kappa shape index (κ1) is 14.2. The zero-order valence-corrected chi connectivity index (χ0v) is 13.4. The maximum atomic E-state index is 5.67. The van der Waals surface area contributed by atoms with Gasteiger partial charge in [0.25, 0.3) is 0 Å². The van der Waals surface area contributed by atoms with Crippen LogP contribution in [0.4, 0.5) is 0 Å². The Balaban J connectivity index is 1.73. The molecule has 2 aliphatic rings. The van der Waals surface area contributed by atoms with Gasteiger partial charge in [0.1, 0.15) is 13.2 Å². The minimum absolute atomic E-state index is 0.611. The van der Waals surface area contributed by atoms with Crippen LogP contribution in [0.15, 0.2) is 16.6 Å². The molecule has 1 atom stereocenters. The first-order chi connectivity index (χ1) is 9.76. The van der Waals surface area contributed by atoms with Crippen molar-refractivity contribution < 1.29 is 9.47 Å². The summed E-state index contributed by atoms with van der Waals surface area (Å²) in [5, 5.41) is 3.39. The van der Waals surface area contributed by atoms with Crippen molar-refractivity contribution >= 4 is 15.9 Å². The van der Waals surface area contributed by atoms with Gasteiger partial charge in [0, 0.05) is 23.6 Å². The highest BCUT2D eigenvalue weighted by Gasteiger charge is 2.21. The number of piperidine rings is 1. The minimum Gasteiger partial charge on any atom is -0.486 e. The number of benzene rings is 1. The highest BCUT2D eigenvalue weighted by molar-refractivity contribution is 9.10. The van der Waals surface area contributed by atoms with Crippen molar-refractivity contribution in [1.29, 1.82) is 0 Å². The molecular formula is C15H21BrN2O2. The lowest BCUT2D eigenvalue weighted by atomic mass is 10.0. The van der Waals surface area contributed by atoms with Crippen molar-refractivity contribution in [3.63, 3.8) is 0 Å². The Morgan fingerprint density at radius 3 is 2.80 bits per heavy atom. The van der Waals surface area contributed by atoms with E-state index in [1.807, 2.05) is 13.1 Å². The quantitative estimate of drug-likeness (QED) is 0.916. The average molecular weight is 341 g/mol. The van der Waals surface area contributed by atoms with E-state index >= 15 is 0 Å². The molecule has 1 aromatic carbocycles. The van der Waals surface area contributed by atoms with E-state index in [2.05, 4.69) is 32.2 Å². The number of nitrogens with zero attached hydrogens (tertiary/aromatic N) is 1. The van der Waals surface area contributed by atoms with E-state index in [0.29, 0.717) is 19.3 Å². The van der Waals surface area contributed by atoms with E-state index in [9.17, 15) is 0 Å². The van der Waals surface area contributed by atoms with Crippen molar-refractivity contribution in [2.24, 2.45) is 0 Å². The third-order valence-corrected chi connectivity index (χ3v) is 4.76. The van der Waals surface area contributed by atoms with Crippen LogP contribution in [-0.4, -0.2) is 44.3 Å². The van der Waals surface area contributed by atoms with Crippen LogP contribution in [0.25, 0.3) is 0 Å². The van der Waals surface area contributed by atoms with Gasteiger partial charge < -0.3 is 14.8 Å². The fourth-order valence-corrected chi connectivity index (χ4v) is 3.35. The molecule has 2 heterocycles. The summed E-state index contributed by atoms with van der Waals surface area (Å²) in [5.74, 6) is 1.72. The molecule has 0 aliphatic carbocycles. The molecule has 0 bridgehead atoms. The van der Waals surface area contributed by atoms with Crippen LogP contribution in [0.5, 0.6) is 11.5 Å². The highest BCUT2D eigenvalue weighted by Crippen LogP contribution is 2.36. The zero-order chi connectivity index (χ0) is 13.9. The van der Waals surface area contributed by atoms with Crippen molar-refractivity contribution in [2.75, 3.05) is 33.4 Å². The van der Waals surface area contributed by atoms with Crippen molar-refractivity contribution in [1.82, 2.24) is 10.2 Å². The molecule has 0 saturated carbocycles. The highest BCUT2D eigenvalue weighted by atomic mass is 79.9. The van der Waals surface area contributed by atoms with Crippen LogP contribution >= 0.6 is 15.9 Å². The molecular weight excluding hydrogens is 320 g/mol. The Labute approximate surface area is 128 Å². The molecule has 0 spiro atoms. The molecule has 0 radical (unpaired) electrons. The molecule has 110 valence electrons. The van der Waals surface area contributed by atoms with Crippen LogP contribution in [0.3, 0.4) is 0 Å². The summed E-state index contributed by atoms with van der Waals surface area (Å²) in [5.41, 5.74) is 1.27. The maximum Gasteiger partial charge on any atom is 0.162 e. The molecule has 1 aromatic rings. The molecule has 3 rings (SSSR count). The van der Waals surface area contributed by atoms with Gasteiger partial charge >= 0.3 is 0 Å². The molecule has 0 aromatic heterocycles. The van der Waals surface area contributed by atoms with Crippen LogP contribution in [0.1, 0.15) is 18.4 Å². The number of halogens is 1. The largest absolute Gasteiger partial charge is 0.486 e. The fourth-order valence-electron chi connectivity index (χ4n) is 2.90. The van der Waals surface area contributed by atoms with Crippen LogP contribution in [-0.2, 0) is 6.54 Å². The lowest BCUT2D eigenvalue weighted by Crippen LogP contribution is -2.43. The van der Waals surface area contributed by atoms with Crippen molar-refractivity contribution in [3.05, 3.63) is 22.2 Å². The van der Waals surface area contributed by atoms with Gasteiger partial charge in [0.15, 0.2) is 11.5 Å². The SMILES string of the molecule is CNC1CCCN(Cc2cc3c(cc2Br)OCCO3)C1. The maximum absolute atomic E-state index is 5.67. The summed E-state index contributed by atoms with van der Waals surface area (Å²) < 4.78 is 12.4. The molecule has 5 heteroatoms. The molecule has 0 amide bonds. The predicted octanol–water partition coefficient (Wildman–Crippen LogP) is 2.40. The van der Waals surface area contributed by atoms with Crippen LogP contribution in [0, 0.1) is 0 Å². The standard InChI is InChI=1S/C15H21BrN2O2/c1-17-12-3-2-4-18(10-12)9-11-7-14-15(8-13(11)16)20-6-5-19-14/h7-8,12,17H,2-6,9-10H2,1H3. The molecule has 1 N–H and O–H groups in total. The Kier molecular flexibility index (Phi) is 4.48. The topological polar surface area (TPSA) is 33.7 Å². The van der Waals surface area contributed by atoms with Crippen LogP contribution in [0.2, 0.25) is 0 Å². The summed E-state index contributed by atoms with van der Waals surface area (Å²) in [4.78, 5) is 2.50. The summed E-state index contributed by atoms with van der Waals surface area (Å²) in [6, 6.07) is 4.75. The van der Waals surface area contributed by atoms with E-state index in [1.54, 1.807) is 0 Å². The monoisotopic (exact) mass is 340 g/mol. The number of ether oxygens (including phenoxy) is 2. The minimum atomic E-state index is 0.611. The van der Waals surface area contributed by atoms with Crippen molar-refractivity contribution in [3.8, 4) is 11.5 Å². The predicted molar refractivity (Wildman–Crippen MR) is 82.5 cm³/mol. The number of likely N-dealkylation sites (tertiary alicyclic amines) is 1. The Bertz CT molecular complexity index is 481. The second-order valence-electron chi connectivity index (χ2n) is 5.45. The lowest BCUT2D eigenvalue weighted by Gasteiger charge is -2.33. The molecule has 20 heavy (non-hydrogen) atoms. The number of nitrogens with one attached hydrogen (secondary N) is 1. The number of hydrogen-bond donors (Lipinski definition) is 1. The van der Waals surface area contributed by atoms with E-state index in [1.165, 1.54) is 24.9 Å². The average Bonchev–Trinajstić information content (AvgIpc) is 2.48. The number of likely N-dealkylation sites (N-methyl/N-ethyl adjacent to an activating group) is 1. The Morgan fingerprint density at radius 1 is 1.30 bits per heavy atom. The zero-order valence-electron chi connectivity index (χ0n) is 11.8. The van der Waals surface area contributed by atoms with E-state index in [0.717, 1.165) is 29.1 Å². The molecule has 4 nitrogen and oxygen atoms in total. The van der Waals surface area contributed by atoms with Gasteiger partial charge in [-0.05, 0) is 44.1 Å². The van der Waals surface area contributed by atoms with E-state index in [-0.39, 0.29) is 0 Å². The third kappa shape index (κ3) is 3.10. The number of fused-ring (bicyclic) bond motifs is 1. The molecule has 1 fully saturated rings. The van der Waals surface area contributed by atoms with Gasteiger partial charge in [-0.15, -0.1) is 0 Å². The van der Waals surface area contributed by atoms with Gasteiger partial charge in [-0.3, -0.25) is 4.90 Å². The second kappa shape index (κ2) is 6.33. The van der Waals surface area contributed by atoms with E-state index in [4.69, 9.17) is 9.47 Å². The van der Waals surface area contributed by atoms with Gasteiger partial charge in [-0.1, -0.05) is 15.9 Å². The first-order valence-electron chi connectivity index (χ1n) is 7.24. The number of rotatable bonds is 3. The van der Waals surface area contributed by atoms with Gasteiger partial charge in [0.05, 0.1) is 0 Å². The molecule has 1 unspecified atom stereocenters. The lowest BCUT2D eigenvalue weighted by molar-refractivity contribution is 0.169. The summed E-state index contributed by atoms with van der Waals surface area (Å²) in [7, 11) is 2.05. The van der Waals surface area contributed by atoms with Gasteiger partial charge in [0.2, 0.25) is 0 Å². The Hall–Kier alpha value is -0.780. The third-order valence-electron chi connectivity index (χ3n) is 4.02. The molecule has 1 saturated heterocycles. The van der Waals surface area contributed by atoms with Gasteiger partial charge in [-0.2, -0.15) is 0 Å². The van der Waals surface area contributed by atoms with Crippen LogP contribution < -0.4 is 14.8 Å².